The van der Waals surface area contributed by atoms with Gasteiger partial charge in [-0.1, -0.05) is 24.3 Å². The Kier molecular flexibility index (Phi) is 1.59. The topological polar surface area (TPSA) is 23.8 Å². The molecule has 2 heteroatoms. The lowest BCUT2D eigenvalue weighted by molar-refractivity contribution is 0.766. The number of alkyl halides is 1. The first kappa shape index (κ1) is 7.64. The van der Waals surface area contributed by atoms with Gasteiger partial charge in [-0.25, -0.2) is 0 Å². The second-order valence-corrected chi connectivity index (χ2v) is 3.92. The highest BCUT2D eigenvalue weighted by Crippen LogP contribution is 2.34. The Morgan fingerprint density at radius 3 is 2.17 bits per heavy atom. The molecule has 0 aromatic heterocycles. The van der Waals surface area contributed by atoms with Crippen molar-refractivity contribution in [1.82, 2.24) is 0 Å². The van der Waals surface area contributed by atoms with E-state index in [4.69, 9.17) is 16.9 Å². The van der Waals surface area contributed by atoms with Crippen LogP contribution in [0.15, 0.2) is 24.3 Å². The van der Waals surface area contributed by atoms with Gasteiger partial charge in [0.25, 0.3) is 0 Å². The van der Waals surface area contributed by atoms with E-state index >= 15 is 0 Å². The molecule has 1 aliphatic rings. The van der Waals surface area contributed by atoms with E-state index in [0.29, 0.717) is 12.8 Å². The molecule has 0 radical (unpaired) electrons. The molecule has 1 nitrogen and oxygen atoms in total. The average molecular weight is 178 g/mol. The highest BCUT2D eigenvalue weighted by Gasteiger charge is 2.34. The van der Waals surface area contributed by atoms with Crippen LogP contribution in [0.4, 0.5) is 0 Å². The molecule has 0 aliphatic heterocycles. The van der Waals surface area contributed by atoms with Crippen molar-refractivity contribution < 1.29 is 0 Å². The molecule has 0 spiro atoms. The highest BCUT2D eigenvalue weighted by atomic mass is 35.5. The number of nitriles is 1. The maximum atomic E-state index is 8.82. The Labute approximate surface area is 76.6 Å². The minimum Gasteiger partial charge on any atom is -0.196 e. The molecule has 0 bridgehead atoms. The average Bonchev–Trinajstić information content (AvgIpc) is 2.42. The van der Waals surface area contributed by atoms with Gasteiger partial charge in [-0.05, 0) is 11.1 Å². The summed E-state index contributed by atoms with van der Waals surface area (Å²) in [7, 11) is 0. The Bertz CT molecular complexity index is 326. The molecule has 12 heavy (non-hydrogen) atoms. The molecule has 0 N–H and O–H groups in total. The summed E-state index contributed by atoms with van der Waals surface area (Å²) < 4.78 is 0. The maximum absolute atomic E-state index is 8.82. The van der Waals surface area contributed by atoms with Crippen molar-refractivity contribution in [2.45, 2.75) is 17.7 Å². The summed E-state index contributed by atoms with van der Waals surface area (Å²) in [6.45, 7) is 0. The summed E-state index contributed by atoms with van der Waals surface area (Å²) in [5, 5.41) is 8.82. The Balaban J connectivity index is 2.41. The van der Waals surface area contributed by atoms with Crippen LogP contribution in [0.5, 0.6) is 0 Å². The summed E-state index contributed by atoms with van der Waals surface area (Å²) in [5.41, 5.74) is 2.43. The fourth-order valence-corrected chi connectivity index (χ4v) is 1.94. The van der Waals surface area contributed by atoms with Crippen molar-refractivity contribution in [3.8, 4) is 6.07 Å². The van der Waals surface area contributed by atoms with Gasteiger partial charge in [-0.15, -0.1) is 11.6 Å². The van der Waals surface area contributed by atoms with Gasteiger partial charge in [0.05, 0.1) is 6.07 Å². The van der Waals surface area contributed by atoms with Gasteiger partial charge in [-0.3, -0.25) is 0 Å². The summed E-state index contributed by atoms with van der Waals surface area (Å²) in [4.78, 5) is -0.677. The third kappa shape index (κ3) is 1.09. The van der Waals surface area contributed by atoms with Crippen molar-refractivity contribution in [1.29, 1.82) is 5.26 Å². The van der Waals surface area contributed by atoms with Crippen LogP contribution < -0.4 is 0 Å². The summed E-state index contributed by atoms with van der Waals surface area (Å²) in [5.74, 6) is 0. The second-order valence-electron chi connectivity index (χ2n) is 3.20. The SMILES string of the molecule is N#CC1(Cl)Cc2ccccc2C1. The molecular formula is C10H8ClN. The minimum atomic E-state index is -0.677. The van der Waals surface area contributed by atoms with E-state index in [1.807, 2.05) is 24.3 Å². The van der Waals surface area contributed by atoms with E-state index in [9.17, 15) is 0 Å². The van der Waals surface area contributed by atoms with E-state index in [2.05, 4.69) is 6.07 Å². The molecule has 0 saturated carbocycles. The summed E-state index contributed by atoms with van der Waals surface area (Å²) >= 11 is 6.06. The molecule has 1 aromatic rings. The molecule has 0 fully saturated rings. The number of halogens is 1. The zero-order chi connectivity index (χ0) is 8.60. The highest BCUT2D eigenvalue weighted by molar-refractivity contribution is 6.26. The molecule has 2 rings (SSSR count). The van der Waals surface area contributed by atoms with Crippen LogP contribution in [0.25, 0.3) is 0 Å². The lowest BCUT2D eigenvalue weighted by atomic mass is 10.1. The van der Waals surface area contributed by atoms with E-state index < -0.39 is 4.87 Å². The lowest BCUT2D eigenvalue weighted by Crippen LogP contribution is -2.18. The van der Waals surface area contributed by atoms with E-state index in [1.165, 1.54) is 11.1 Å². The molecule has 60 valence electrons. The largest absolute Gasteiger partial charge is 0.196 e. The van der Waals surface area contributed by atoms with Gasteiger partial charge in [0.15, 0.2) is 0 Å². The fraction of sp³-hybridized carbons (Fsp3) is 0.300. The first-order valence-corrected chi connectivity index (χ1v) is 4.28. The first-order valence-electron chi connectivity index (χ1n) is 3.90. The molecule has 0 amide bonds. The minimum absolute atomic E-state index is 0.677. The van der Waals surface area contributed by atoms with Gasteiger partial charge in [0, 0.05) is 12.8 Å². The van der Waals surface area contributed by atoms with Crippen molar-refractivity contribution in [3.63, 3.8) is 0 Å². The molecule has 0 saturated heterocycles. The zero-order valence-corrected chi connectivity index (χ0v) is 7.30. The van der Waals surface area contributed by atoms with Crippen LogP contribution in [0, 0.1) is 11.3 Å². The molecule has 0 unspecified atom stereocenters. The summed E-state index contributed by atoms with van der Waals surface area (Å²) in [6.07, 6.45) is 1.36. The van der Waals surface area contributed by atoms with Crippen LogP contribution in [0.2, 0.25) is 0 Å². The van der Waals surface area contributed by atoms with Gasteiger partial charge in [-0.2, -0.15) is 5.26 Å². The number of hydrogen-bond acceptors (Lipinski definition) is 1. The van der Waals surface area contributed by atoms with Crippen LogP contribution in [-0.2, 0) is 12.8 Å². The Hall–Kier alpha value is -1.00. The van der Waals surface area contributed by atoms with Gasteiger partial charge in [0.2, 0.25) is 0 Å². The third-order valence-corrected chi connectivity index (χ3v) is 2.61. The molecule has 1 aliphatic carbocycles. The zero-order valence-electron chi connectivity index (χ0n) is 6.55. The van der Waals surface area contributed by atoms with Gasteiger partial charge < -0.3 is 0 Å². The van der Waals surface area contributed by atoms with Crippen molar-refractivity contribution in [2.24, 2.45) is 0 Å². The first-order chi connectivity index (χ1) is 5.73. The van der Waals surface area contributed by atoms with Crippen molar-refractivity contribution in [2.75, 3.05) is 0 Å². The quantitative estimate of drug-likeness (QED) is 0.558. The van der Waals surface area contributed by atoms with Crippen LogP contribution in [-0.4, -0.2) is 4.87 Å². The Morgan fingerprint density at radius 2 is 1.75 bits per heavy atom. The van der Waals surface area contributed by atoms with Crippen LogP contribution in [0.1, 0.15) is 11.1 Å². The molecule has 1 aromatic carbocycles. The van der Waals surface area contributed by atoms with Gasteiger partial charge in [0.1, 0.15) is 4.87 Å². The number of benzene rings is 1. The molecule has 0 atom stereocenters. The number of hydrogen-bond donors (Lipinski definition) is 0. The van der Waals surface area contributed by atoms with Crippen molar-refractivity contribution >= 4 is 11.6 Å². The summed E-state index contributed by atoms with van der Waals surface area (Å²) in [6, 6.07) is 10.2. The van der Waals surface area contributed by atoms with Crippen molar-refractivity contribution in [3.05, 3.63) is 35.4 Å². The third-order valence-electron chi connectivity index (χ3n) is 2.26. The van der Waals surface area contributed by atoms with E-state index in [0.717, 1.165) is 0 Å². The molecular weight excluding hydrogens is 170 g/mol. The standard InChI is InChI=1S/C10H8ClN/c11-10(7-12)5-8-3-1-2-4-9(8)6-10/h1-4H,5-6H2. The normalized spacial score (nSPS) is 18.3. The van der Waals surface area contributed by atoms with Crippen LogP contribution >= 0.6 is 11.6 Å². The van der Waals surface area contributed by atoms with E-state index in [1.54, 1.807) is 0 Å². The Morgan fingerprint density at radius 1 is 1.25 bits per heavy atom. The van der Waals surface area contributed by atoms with Gasteiger partial charge >= 0.3 is 0 Å². The predicted molar refractivity (Wildman–Crippen MR) is 48.0 cm³/mol. The lowest BCUT2D eigenvalue weighted by Gasteiger charge is -2.07. The monoisotopic (exact) mass is 177 g/mol. The predicted octanol–water partition coefficient (Wildman–Crippen LogP) is 2.29. The molecule has 0 heterocycles. The number of fused-ring (bicyclic) bond motifs is 1. The van der Waals surface area contributed by atoms with Crippen LogP contribution in [0.3, 0.4) is 0 Å². The second kappa shape index (κ2) is 2.50. The number of nitrogens with zero attached hydrogens (tertiary/aromatic N) is 1. The maximum Gasteiger partial charge on any atom is 0.139 e. The van der Waals surface area contributed by atoms with E-state index in [-0.39, 0.29) is 0 Å². The number of rotatable bonds is 0. The smallest absolute Gasteiger partial charge is 0.139 e. The fourth-order valence-electron chi connectivity index (χ4n) is 1.65.